The number of nitrogens with one attached hydrogen (secondary N) is 1. The lowest BCUT2D eigenvalue weighted by molar-refractivity contribution is 0.0996. The van der Waals surface area contributed by atoms with Crippen LogP contribution in [0.1, 0.15) is 16.8 Å². The molecule has 0 atom stereocenters. The van der Waals surface area contributed by atoms with Gasteiger partial charge in [0.25, 0.3) is 5.56 Å². The second kappa shape index (κ2) is 3.49. The molecule has 1 aromatic rings. The first-order valence-corrected chi connectivity index (χ1v) is 3.33. The topological polar surface area (TPSA) is 73.7 Å². The van der Waals surface area contributed by atoms with E-state index in [0.29, 0.717) is 0 Å². The van der Waals surface area contributed by atoms with Crippen LogP contribution in [0.4, 0.5) is 0 Å². The van der Waals surface area contributed by atoms with Crippen LogP contribution < -0.4 is 5.56 Å². The number of nitrogens with zero attached hydrogens (tertiary/aromatic N) is 1. The summed E-state index contributed by atoms with van der Waals surface area (Å²) in [5.41, 5.74) is -0.406. The second-order valence-corrected chi connectivity index (χ2v) is 2.17. The predicted octanol–water partition coefficient (Wildman–Crippen LogP) is 0.471. The Balaban J connectivity index is 3.05. The number of rotatable bonds is 2. The molecular formula is C8H6N2O2. The molecule has 1 rings (SSSR count). The van der Waals surface area contributed by atoms with Gasteiger partial charge in [0.2, 0.25) is 0 Å². The van der Waals surface area contributed by atoms with Crippen molar-refractivity contribution in [2.24, 2.45) is 0 Å². The van der Waals surface area contributed by atoms with E-state index in [1.165, 1.54) is 12.3 Å². The molecule has 0 aromatic carbocycles. The minimum Gasteiger partial charge on any atom is -0.328 e. The van der Waals surface area contributed by atoms with E-state index < -0.39 is 11.3 Å². The number of aromatic nitrogens is 1. The van der Waals surface area contributed by atoms with Crippen molar-refractivity contribution < 1.29 is 4.79 Å². The Labute approximate surface area is 68.5 Å². The Morgan fingerprint density at radius 1 is 1.67 bits per heavy atom. The lowest BCUT2D eigenvalue weighted by Gasteiger charge is -1.92. The van der Waals surface area contributed by atoms with Crippen LogP contribution in [0.5, 0.6) is 0 Å². The van der Waals surface area contributed by atoms with Gasteiger partial charge in [-0.05, 0) is 12.1 Å². The molecule has 0 fully saturated rings. The molecule has 0 radical (unpaired) electrons. The van der Waals surface area contributed by atoms with Gasteiger partial charge in [0.1, 0.15) is 0 Å². The van der Waals surface area contributed by atoms with E-state index in [1.807, 2.05) is 0 Å². The number of carbonyl (C=O) groups is 1. The Kier molecular flexibility index (Phi) is 2.38. The molecule has 1 aromatic heterocycles. The summed E-state index contributed by atoms with van der Waals surface area (Å²) in [6.45, 7) is 0. The molecule has 1 heterocycles. The molecule has 12 heavy (non-hydrogen) atoms. The third kappa shape index (κ3) is 1.58. The van der Waals surface area contributed by atoms with Crippen molar-refractivity contribution in [3.05, 3.63) is 34.2 Å². The van der Waals surface area contributed by atoms with Gasteiger partial charge in [0.05, 0.1) is 18.1 Å². The highest BCUT2D eigenvalue weighted by Gasteiger charge is 2.07. The monoisotopic (exact) mass is 162 g/mol. The summed E-state index contributed by atoms with van der Waals surface area (Å²) < 4.78 is 0. The van der Waals surface area contributed by atoms with Gasteiger partial charge < -0.3 is 4.98 Å². The molecule has 0 saturated heterocycles. The lowest BCUT2D eigenvalue weighted by Crippen LogP contribution is -2.15. The number of ketones is 1. The van der Waals surface area contributed by atoms with E-state index >= 15 is 0 Å². The quantitative estimate of drug-likeness (QED) is 0.642. The summed E-state index contributed by atoms with van der Waals surface area (Å²) >= 11 is 0. The molecule has 4 nitrogen and oxygen atoms in total. The number of H-pyrrole nitrogens is 1. The number of Topliss-reactive ketones (excluding diaryl/α,β-unsaturated/α-hetero) is 1. The zero-order valence-electron chi connectivity index (χ0n) is 6.20. The molecule has 0 bridgehead atoms. The van der Waals surface area contributed by atoms with Crippen LogP contribution >= 0.6 is 0 Å². The van der Waals surface area contributed by atoms with Crippen molar-refractivity contribution in [3.63, 3.8) is 0 Å². The highest BCUT2D eigenvalue weighted by molar-refractivity contribution is 5.96. The standard InChI is InChI=1S/C8H6N2O2/c9-4-3-7(11)6-2-1-5-10-8(6)12/h1-2,5H,3H2,(H,10,12). The lowest BCUT2D eigenvalue weighted by atomic mass is 10.1. The summed E-state index contributed by atoms with van der Waals surface area (Å²) in [5, 5.41) is 8.21. The number of hydrogen-bond acceptors (Lipinski definition) is 3. The number of nitriles is 1. The summed E-state index contributed by atoms with van der Waals surface area (Å²) in [6.07, 6.45) is 1.18. The van der Waals surface area contributed by atoms with Crippen LogP contribution in [0.3, 0.4) is 0 Å². The zero-order valence-corrected chi connectivity index (χ0v) is 6.20. The van der Waals surface area contributed by atoms with Crippen molar-refractivity contribution >= 4 is 5.78 Å². The predicted molar refractivity (Wildman–Crippen MR) is 41.6 cm³/mol. The molecule has 0 aliphatic heterocycles. The summed E-state index contributed by atoms with van der Waals surface area (Å²) in [7, 11) is 0. The van der Waals surface area contributed by atoms with Crippen molar-refractivity contribution in [3.8, 4) is 6.07 Å². The maximum absolute atomic E-state index is 11.0. The van der Waals surface area contributed by atoms with Gasteiger partial charge in [-0.3, -0.25) is 9.59 Å². The Hall–Kier alpha value is -1.89. The minimum atomic E-state index is -0.447. The van der Waals surface area contributed by atoms with Crippen LogP contribution in [-0.2, 0) is 0 Å². The molecule has 0 spiro atoms. The van der Waals surface area contributed by atoms with E-state index in [1.54, 1.807) is 12.1 Å². The largest absolute Gasteiger partial charge is 0.328 e. The Morgan fingerprint density at radius 2 is 2.42 bits per heavy atom. The molecule has 60 valence electrons. The van der Waals surface area contributed by atoms with Crippen LogP contribution in [0.2, 0.25) is 0 Å². The van der Waals surface area contributed by atoms with Crippen LogP contribution in [0, 0.1) is 11.3 Å². The van der Waals surface area contributed by atoms with E-state index in [2.05, 4.69) is 4.98 Å². The van der Waals surface area contributed by atoms with Gasteiger partial charge in [-0.2, -0.15) is 5.26 Å². The molecule has 0 aliphatic rings. The average molecular weight is 162 g/mol. The van der Waals surface area contributed by atoms with Gasteiger partial charge in [0.15, 0.2) is 5.78 Å². The highest BCUT2D eigenvalue weighted by Crippen LogP contribution is 1.94. The smallest absolute Gasteiger partial charge is 0.258 e. The van der Waals surface area contributed by atoms with Crippen LogP contribution in [0.25, 0.3) is 0 Å². The SMILES string of the molecule is N#CCC(=O)c1ccc[nH]c1=O. The van der Waals surface area contributed by atoms with Crippen molar-refractivity contribution in [1.29, 1.82) is 5.26 Å². The number of pyridine rings is 1. The van der Waals surface area contributed by atoms with E-state index in [-0.39, 0.29) is 12.0 Å². The Morgan fingerprint density at radius 3 is 3.00 bits per heavy atom. The summed E-state index contributed by atoms with van der Waals surface area (Å²) in [5.74, 6) is -0.445. The third-order valence-electron chi connectivity index (χ3n) is 1.36. The molecule has 0 aliphatic carbocycles. The van der Waals surface area contributed by atoms with Gasteiger partial charge >= 0.3 is 0 Å². The second-order valence-electron chi connectivity index (χ2n) is 2.17. The molecule has 1 N–H and O–H groups in total. The van der Waals surface area contributed by atoms with E-state index in [0.717, 1.165) is 0 Å². The normalized spacial score (nSPS) is 8.92. The fraction of sp³-hybridized carbons (Fsp3) is 0.125. The van der Waals surface area contributed by atoms with Gasteiger partial charge in [-0.25, -0.2) is 0 Å². The molecule has 4 heteroatoms. The van der Waals surface area contributed by atoms with E-state index in [4.69, 9.17) is 5.26 Å². The fourth-order valence-electron chi connectivity index (χ4n) is 0.808. The van der Waals surface area contributed by atoms with Crippen molar-refractivity contribution in [2.45, 2.75) is 6.42 Å². The molecule has 0 unspecified atom stereocenters. The van der Waals surface area contributed by atoms with Gasteiger partial charge in [-0.1, -0.05) is 0 Å². The fourth-order valence-corrected chi connectivity index (χ4v) is 0.808. The van der Waals surface area contributed by atoms with Gasteiger partial charge in [-0.15, -0.1) is 0 Å². The van der Waals surface area contributed by atoms with Crippen molar-refractivity contribution in [2.75, 3.05) is 0 Å². The van der Waals surface area contributed by atoms with Crippen LogP contribution in [0.15, 0.2) is 23.1 Å². The third-order valence-corrected chi connectivity index (χ3v) is 1.36. The first-order valence-electron chi connectivity index (χ1n) is 3.33. The zero-order chi connectivity index (χ0) is 8.97. The van der Waals surface area contributed by atoms with Gasteiger partial charge in [0, 0.05) is 6.20 Å². The maximum Gasteiger partial charge on any atom is 0.258 e. The summed E-state index contributed by atoms with van der Waals surface area (Å²) in [6, 6.07) is 4.64. The number of aromatic amines is 1. The Bertz CT molecular complexity index is 387. The van der Waals surface area contributed by atoms with Crippen LogP contribution in [-0.4, -0.2) is 10.8 Å². The van der Waals surface area contributed by atoms with E-state index in [9.17, 15) is 9.59 Å². The van der Waals surface area contributed by atoms with Crippen molar-refractivity contribution in [1.82, 2.24) is 4.98 Å². The number of hydrogen-bond donors (Lipinski definition) is 1. The first-order chi connectivity index (χ1) is 5.75. The summed E-state index contributed by atoms with van der Waals surface area (Å²) in [4.78, 5) is 24.3. The average Bonchev–Trinajstić information content (AvgIpc) is 2.05. The minimum absolute atomic E-state index is 0.0408. The maximum atomic E-state index is 11.0. The number of carbonyl (C=O) groups excluding carboxylic acids is 1. The molecular weight excluding hydrogens is 156 g/mol. The molecule has 0 saturated carbocycles. The highest BCUT2D eigenvalue weighted by atomic mass is 16.1. The first kappa shape index (κ1) is 8.21. The molecule has 0 amide bonds.